The van der Waals surface area contributed by atoms with Crippen molar-refractivity contribution in [3.63, 3.8) is 0 Å². The molecule has 0 spiro atoms. The molecule has 5 nitrogen and oxygen atoms in total. The Hall–Kier alpha value is -3.16. The van der Waals surface area contributed by atoms with Crippen LogP contribution in [-0.4, -0.2) is 19.7 Å². The fourth-order valence-electron chi connectivity index (χ4n) is 3.13. The van der Waals surface area contributed by atoms with E-state index in [0.717, 1.165) is 27.2 Å². The van der Waals surface area contributed by atoms with Crippen LogP contribution in [0.25, 0.3) is 22.0 Å². The summed E-state index contributed by atoms with van der Waals surface area (Å²) in [5, 5.41) is 11.8. The molecule has 0 aliphatic heterocycles. The molecular weight excluding hydrogens is 412 g/mol. The first-order valence-corrected chi connectivity index (χ1v) is 11.4. The van der Waals surface area contributed by atoms with E-state index in [-0.39, 0.29) is 0 Å². The second-order valence-corrected chi connectivity index (χ2v) is 8.52. The van der Waals surface area contributed by atoms with Crippen LogP contribution in [0.2, 0.25) is 0 Å². The first kappa shape index (κ1) is 18.8. The van der Waals surface area contributed by atoms with Gasteiger partial charge in [0.1, 0.15) is 0 Å². The van der Waals surface area contributed by atoms with Crippen LogP contribution in [0.3, 0.4) is 0 Å². The van der Waals surface area contributed by atoms with Gasteiger partial charge in [-0.05, 0) is 17.0 Å². The van der Waals surface area contributed by atoms with Crippen molar-refractivity contribution < 1.29 is 4.42 Å². The van der Waals surface area contributed by atoms with Crippen molar-refractivity contribution in [2.75, 3.05) is 0 Å². The Kier molecular flexibility index (Phi) is 5.46. The first-order valence-electron chi connectivity index (χ1n) is 9.51. The van der Waals surface area contributed by atoms with Crippen LogP contribution in [0, 0.1) is 0 Å². The van der Waals surface area contributed by atoms with Crippen LogP contribution in [0.5, 0.6) is 0 Å². The zero-order chi connectivity index (χ0) is 20.2. The maximum atomic E-state index is 5.94. The Morgan fingerprint density at radius 1 is 0.900 bits per heavy atom. The van der Waals surface area contributed by atoms with Crippen LogP contribution < -0.4 is 0 Å². The minimum atomic E-state index is 0.587. The van der Waals surface area contributed by atoms with Crippen molar-refractivity contribution >= 4 is 23.1 Å². The largest absolute Gasteiger partial charge is 0.440 e. The number of thioether (sulfide) groups is 1. The number of oxazole rings is 1. The molecule has 7 heteroatoms. The first-order chi connectivity index (χ1) is 14.9. The summed E-state index contributed by atoms with van der Waals surface area (Å²) in [7, 11) is 0. The third-order valence-corrected chi connectivity index (χ3v) is 6.40. The zero-order valence-electron chi connectivity index (χ0n) is 16.0. The Morgan fingerprint density at radius 2 is 1.70 bits per heavy atom. The van der Waals surface area contributed by atoms with E-state index in [1.54, 1.807) is 29.3 Å². The Bertz CT molecular complexity index is 1210. The molecule has 3 aromatic heterocycles. The van der Waals surface area contributed by atoms with Gasteiger partial charge < -0.3 is 4.42 Å². The lowest BCUT2D eigenvalue weighted by atomic mass is 10.2. The van der Waals surface area contributed by atoms with E-state index < -0.39 is 0 Å². The average Bonchev–Trinajstić information content (AvgIpc) is 3.55. The second-order valence-electron chi connectivity index (χ2n) is 6.63. The van der Waals surface area contributed by atoms with E-state index in [0.29, 0.717) is 18.2 Å². The topological polar surface area (TPSA) is 56.7 Å². The quantitative estimate of drug-likeness (QED) is 0.296. The number of benzene rings is 2. The number of rotatable bonds is 7. The van der Waals surface area contributed by atoms with E-state index in [2.05, 4.69) is 55.5 Å². The number of aromatic nitrogens is 4. The van der Waals surface area contributed by atoms with Gasteiger partial charge in [0.15, 0.2) is 16.7 Å². The summed E-state index contributed by atoms with van der Waals surface area (Å²) in [6.45, 7) is 0.713. The number of nitrogens with zero attached hydrogens (tertiary/aromatic N) is 4. The van der Waals surface area contributed by atoms with Crippen molar-refractivity contribution in [1.29, 1.82) is 0 Å². The van der Waals surface area contributed by atoms with E-state index in [1.165, 1.54) is 5.56 Å². The normalized spacial score (nSPS) is 11.1. The summed E-state index contributed by atoms with van der Waals surface area (Å²) in [6, 6.07) is 24.5. The maximum absolute atomic E-state index is 5.94. The van der Waals surface area contributed by atoms with Gasteiger partial charge in [0.05, 0.1) is 23.4 Å². The van der Waals surface area contributed by atoms with E-state index in [1.807, 2.05) is 42.5 Å². The molecule has 0 atom stereocenters. The molecule has 0 saturated heterocycles. The highest BCUT2D eigenvalue weighted by Gasteiger charge is 2.17. The summed E-state index contributed by atoms with van der Waals surface area (Å²) in [4.78, 5) is 5.54. The summed E-state index contributed by atoms with van der Waals surface area (Å²) in [5.74, 6) is 2.92. The Morgan fingerprint density at radius 3 is 2.47 bits per heavy atom. The van der Waals surface area contributed by atoms with Crippen molar-refractivity contribution in [2.24, 2.45) is 0 Å². The fraction of sp³-hybridized carbons (Fsp3) is 0.0870. The molecule has 3 heterocycles. The van der Waals surface area contributed by atoms with Gasteiger partial charge in [-0.2, -0.15) is 0 Å². The van der Waals surface area contributed by atoms with Gasteiger partial charge >= 0.3 is 0 Å². The van der Waals surface area contributed by atoms with Crippen LogP contribution in [0.15, 0.2) is 93.9 Å². The predicted molar refractivity (Wildman–Crippen MR) is 120 cm³/mol. The molecule has 5 aromatic rings. The van der Waals surface area contributed by atoms with Crippen LogP contribution in [-0.2, 0) is 12.3 Å². The minimum Gasteiger partial charge on any atom is -0.440 e. The van der Waals surface area contributed by atoms with E-state index in [4.69, 9.17) is 4.42 Å². The van der Waals surface area contributed by atoms with Crippen LogP contribution in [0.4, 0.5) is 0 Å². The molecule has 148 valence electrons. The average molecular weight is 431 g/mol. The van der Waals surface area contributed by atoms with Gasteiger partial charge in [0.2, 0.25) is 5.89 Å². The standard InChI is InChI=1S/C23H18N4OS2/c1-3-8-17(9-4-1)15-27-22(20-12-7-13-29-20)25-26-23(27)30-16-21-24-14-19(28-21)18-10-5-2-6-11-18/h1-14H,15-16H2. The molecule has 0 bridgehead atoms. The third kappa shape index (κ3) is 4.08. The fourth-order valence-corrected chi connectivity index (χ4v) is 4.64. The van der Waals surface area contributed by atoms with Gasteiger partial charge in [0.25, 0.3) is 0 Å². The van der Waals surface area contributed by atoms with Crippen LogP contribution >= 0.6 is 23.1 Å². The second kappa shape index (κ2) is 8.69. The molecule has 0 unspecified atom stereocenters. The van der Waals surface area contributed by atoms with Crippen molar-refractivity contribution in [3.8, 4) is 22.0 Å². The summed E-state index contributed by atoms with van der Waals surface area (Å²) >= 11 is 3.25. The number of hydrogen-bond donors (Lipinski definition) is 0. The summed E-state index contributed by atoms with van der Waals surface area (Å²) in [5.41, 5.74) is 2.23. The molecule has 0 amide bonds. The highest BCUT2D eigenvalue weighted by molar-refractivity contribution is 7.98. The number of hydrogen-bond acceptors (Lipinski definition) is 6. The molecule has 0 fully saturated rings. The highest BCUT2D eigenvalue weighted by Crippen LogP contribution is 2.30. The molecule has 0 aliphatic rings. The van der Waals surface area contributed by atoms with Crippen LogP contribution in [0.1, 0.15) is 11.5 Å². The lowest BCUT2D eigenvalue weighted by molar-refractivity contribution is 0.529. The van der Waals surface area contributed by atoms with Crippen molar-refractivity contribution in [1.82, 2.24) is 19.7 Å². The molecule has 2 aromatic carbocycles. The minimum absolute atomic E-state index is 0.587. The van der Waals surface area contributed by atoms with Gasteiger partial charge in [0, 0.05) is 5.56 Å². The van der Waals surface area contributed by atoms with Gasteiger partial charge in [-0.15, -0.1) is 21.5 Å². The number of thiophene rings is 1. The summed E-state index contributed by atoms with van der Waals surface area (Å²) < 4.78 is 8.10. The lowest BCUT2D eigenvalue weighted by Gasteiger charge is -2.09. The maximum Gasteiger partial charge on any atom is 0.205 e. The smallest absolute Gasteiger partial charge is 0.205 e. The molecule has 5 rings (SSSR count). The van der Waals surface area contributed by atoms with Gasteiger partial charge in [-0.25, -0.2) is 4.98 Å². The van der Waals surface area contributed by atoms with E-state index in [9.17, 15) is 0 Å². The molecule has 30 heavy (non-hydrogen) atoms. The highest BCUT2D eigenvalue weighted by atomic mass is 32.2. The van der Waals surface area contributed by atoms with Gasteiger partial charge in [-0.3, -0.25) is 4.57 Å². The molecule has 0 saturated carbocycles. The van der Waals surface area contributed by atoms with Crippen molar-refractivity contribution in [2.45, 2.75) is 17.5 Å². The van der Waals surface area contributed by atoms with Crippen molar-refractivity contribution in [3.05, 3.63) is 95.8 Å². The lowest BCUT2D eigenvalue weighted by Crippen LogP contribution is -2.03. The zero-order valence-corrected chi connectivity index (χ0v) is 17.6. The molecule has 0 N–H and O–H groups in total. The predicted octanol–water partition coefficient (Wildman–Crippen LogP) is 6.00. The Balaban J connectivity index is 1.39. The molecular formula is C23H18N4OS2. The Labute approximate surface area is 182 Å². The monoisotopic (exact) mass is 430 g/mol. The van der Waals surface area contributed by atoms with E-state index >= 15 is 0 Å². The molecule has 0 aliphatic carbocycles. The summed E-state index contributed by atoms with van der Waals surface area (Å²) in [6.07, 6.45) is 1.77. The van der Waals surface area contributed by atoms with Gasteiger partial charge in [-0.1, -0.05) is 78.5 Å². The SMILES string of the molecule is c1ccc(Cn2c(SCc3ncc(-c4ccccc4)o3)nnc2-c2cccs2)cc1. The third-order valence-electron chi connectivity index (χ3n) is 4.58. The molecule has 0 radical (unpaired) electrons.